The number of rotatable bonds is 3. The van der Waals surface area contributed by atoms with E-state index in [0.717, 1.165) is 9.04 Å². The third-order valence-electron chi connectivity index (χ3n) is 3.65. The number of nitrogens with zero attached hydrogens (tertiary/aromatic N) is 4. The lowest BCUT2D eigenvalue weighted by atomic mass is 10.3. The van der Waals surface area contributed by atoms with Gasteiger partial charge in [-0.1, -0.05) is 15.9 Å². The summed E-state index contributed by atoms with van der Waals surface area (Å²) in [6.45, 7) is 2.38. The molecule has 0 aliphatic rings. The van der Waals surface area contributed by atoms with Crippen LogP contribution in [0.15, 0.2) is 38.3 Å². The summed E-state index contributed by atoms with van der Waals surface area (Å²) < 4.78 is 10.8. The van der Waals surface area contributed by atoms with Crippen LogP contribution < -0.4 is 16.0 Å². The largest absolute Gasteiger partial charge is 0.425 e. The summed E-state index contributed by atoms with van der Waals surface area (Å²) in [5.74, 6) is 0.597. The number of benzene rings is 1. The second-order valence-electron chi connectivity index (χ2n) is 5.07. The Morgan fingerprint density at radius 3 is 2.39 bits per heavy atom. The molecule has 7 nitrogen and oxygen atoms in total. The molecule has 3 rings (SSSR count). The fourth-order valence-corrected chi connectivity index (χ4v) is 2.67. The Labute approximate surface area is 139 Å². The van der Waals surface area contributed by atoms with Crippen LogP contribution in [0.3, 0.4) is 0 Å². The van der Waals surface area contributed by atoms with E-state index in [1.165, 1.54) is 11.6 Å². The lowest BCUT2D eigenvalue weighted by Crippen LogP contribution is -2.37. The maximum absolute atomic E-state index is 12.4. The van der Waals surface area contributed by atoms with Crippen molar-refractivity contribution in [1.29, 1.82) is 0 Å². The molecule has 3 aromatic rings. The minimum Gasteiger partial charge on any atom is -0.425 e. The minimum absolute atomic E-state index is 0.281. The first-order chi connectivity index (χ1) is 10.9. The molecule has 0 saturated heterocycles. The predicted octanol–water partition coefficient (Wildman–Crippen LogP) is 2.01. The molecule has 0 unspecified atom stereocenters. The van der Waals surface area contributed by atoms with Gasteiger partial charge in [0.1, 0.15) is 5.75 Å². The van der Waals surface area contributed by atoms with Gasteiger partial charge < -0.3 is 4.74 Å². The molecule has 0 fully saturated rings. The topological polar surface area (TPSA) is 71.1 Å². The molecule has 2 aromatic heterocycles. The third-order valence-corrected chi connectivity index (χ3v) is 4.18. The van der Waals surface area contributed by atoms with Gasteiger partial charge in [0.05, 0.1) is 0 Å². The van der Waals surface area contributed by atoms with E-state index >= 15 is 0 Å². The van der Waals surface area contributed by atoms with Crippen LogP contribution in [0, 0.1) is 0 Å². The number of imidazole rings is 1. The Hall–Kier alpha value is -2.35. The Balaban J connectivity index is 2.24. The van der Waals surface area contributed by atoms with Gasteiger partial charge in [-0.3, -0.25) is 18.5 Å². The van der Waals surface area contributed by atoms with Gasteiger partial charge in [0.25, 0.3) is 5.56 Å². The molecule has 0 N–H and O–H groups in total. The summed E-state index contributed by atoms with van der Waals surface area (Å²) in [5.41, 5.74) is -0.141. The van der Waals surface area contributed by atoms with E-state index in [4.69, 9.17) is 4.74 Å². The van der Waals surface area contributed by atoms with E-state index in [9.17, 15) is 9.59 Å². The SMILES string of the molecule is CCn1c(Oc2ccc(Br)cc2)nc2c1c(=O)n(C)c(=O)n2C. The summed E-state index contributed by atoms with van der Waals surface area (Å²) in [5, 5.41) is 0. The number of hydrogen-bond donors (Lipinski definition) is 0. The van der Waals surface area contributed by atoms with Crippen molar-refractivity contribution in [2.75, 3.05) is 0 Å². The Morgan fingerprint density at radius 2 is 1.78 bits per heavy atom. The molecule has 0 saturated carbocycles. The number of hydrogen-bond acceptors (Lipinski definition) is 4. The van der Waals surface area contributed by atoms with Gasteiger partial charge in [-0.15, -0.1) is 0 Å². The summed E-state index contributed by atoms with van der Waals surface area (Å²) in [4.78, 5) is 28.8. The van der Waals surface area contributed by atoms with Gasteiger partial charge in [-0.2, -0.15) is 4.98 Å². The van der Waals surface area contributed by atoms with Crippen molar-refractivity contribution in [3.05, 3.63) is 49.6 Å². The smallest absolute Gasteiger partial charge is 0.332 e. The number of aryl methyl sites for hydroxylation is 2. The summed E-state index contributed by atoms with van der Waals surface area (Å²) in [7, 11) is 3.03. The predicted molar refractivity (Wildman–Crippen MR) is 90.1 cm³/mol. The highest BCUT2D eigenvalue weighted by atomic mass is 79.9. The van der Waals surface area contributed by atoms with Crippen LogP contribution in [0.4, 0.5) is 0 Å². The highest BCUT2D eigenvalue weighted by Gasteiger charge is 2.19. The number of ether oxygens (including phenoxy) is 1. The average molecular weight is 379 g/mol. The van der Waals surface area contributed by atoms with Gasteiger partial charge >= 0.3 is 11.7 Å². The van der Waals surface area contributed by atoms with E-state index in [0.29, 0.717) is 23.5 Å². The first kappa shape index (κ1) is 15.5. The van der Waals surface area contributed by atoms with Crippen molar-refractivity contribution >= 4 is 27.1 Å². The minimum atomic E-state index is -0.418. The van der Waals surface area contributed by atoms with Crippen molar-refractivity contribution in [2.45, 2.75) is 13.5 Å². The molecule has 2 heterocycles. The highest BCUT2D eigenvalue weighted by Crippen LogP contribution is 2.25. The number of aromatic nitrogens is 4. The third kappa shape index (κ3) is 2.48. The number of halogens is 1. The molecule has 1 aromatic carbocycles. The molecule has 0 radical (unpaired) electrons. The second kappa shape index (κ2) is 5.69. The Morgan fingerprint density at radius 1 is 1.13 bits per heavy atom. The molecule has 0 spiro atoms. The summed E-state index contributed by atoms with van der Waals surface area (Å²) in [6.07, 6.45) is 0. The van der Waals surface area contributed by atoms with E-state index < -0.39 is 5.69 Å². The van der Waals surface area contributed by atoms with E-state index in [-0.39, 0.29) is 11.6 Å². The normalized spacial score (nSPS) is 11.1. The van der Waals surface area contributed by atoms with E-state index in [1.54, 1.807) is 23.7 Å². The van der Waals surface area contributed by atoms with Gasteiger partial charge in [-0.25, -0.2) is 4.79 Å². The summed E-state index contributed by atoms with van der Waals surface area (Å²) in [6, 6.07) is 7.57. The van der Waals surface area contributed by atoms with Crippen LogP contribution in [0.1, 0.15) is 6.92 Å². The van der Waals surface area contributed by atoms with Crippen molar-refractivity contribution < 1.29 is 4.74 Å². The molecule has 0 atom stereocenters. The average Bonchev–Trinajstić information content (AvgIpc) is 2.91. The van der Waals surface area contributed by atoms with Crippen LogP contribution in [-0.4, -0.2) is 18.7 Å². The lowest BCUT2D eigenvalue weighted by Gasteiger charge is -2.07. The zero-order valence-electron chi connectivity index (χ0n) is 12.9. The monoisotopic (exact) mass is 378 g/mol. The fraction of sp³-hybridized carbons (Fsp3) is 0.267. The maximum atomic E-state index is 12.4. The lowest BCUT2D eigenvalue weighted by molar-refractivity contribution is 0.418. The van der Waals surface area contributed by atoms with E-state index in [1.807, 2.05) is 19.1 Å². The molecule has 23 heavy (non-hydrogen) atoms. The first-order valence-corrected chi connectivity index (χ1v) is 7.83. The molecule has 0 aliphatic heterocycles. The molecule has 0 bridgehead atoms. The second-order valence-corrected chi connectivity index (χ2v) is 5.99. The first-order valence-electron chi connectivity index (χ1n) is 7.03. The van der Waals surface area contributed by atoms with Crippen LogP contribution in [0.2, 0.25) is 0 Å². The van der Waals surface area contributed by atoms with Crippen LogP contribution in [0.25, 0.3) is 11.2 Å². The zero-order valence-corrected chi connectivity index (χ0v) is 14.5. The van der Waals surface area contributed by atoms with Crippen molar-refractivity contribution in [3.8, 4) is 11.8 Å². The van der Waals surface area contributed by atoms with Crippen molar-refractivity contribution in [2.24, 2.45) is 14.1 Å². The fourth-order valence-electron chi connectivity index (χ4n) is 2.41. The quantitative estimate of drug-likeness (QED) is 0.698. The Kier molecular flexibility index (Phi) is 3.85. The van der Waals surface area contributed by atoms with E-state index in [2.05, 4.69) is 20.9 Å². The maximum Gasteiger partial charge on any atom is 0.332 e. The van der Waals surface area contributed by atoms with Crippen molar-refractivity contribution in [1.82, 2.24) is 18.7 Å². The van der Waals surface area contributed by atoms with Gasteiger partial charge in [0, 0.05) is 25.1 Å². The number of fused-ring (bicyclic) bond motifs is 1. The molecular formula is C15H15BrN4O3. The molecule has 120 valence electrons. The van der Waals surface area contributed by atoms with Crippen LogP contribution in [0.5, 0.6) is 11.8 Å². The van der Waals surface area contributed by atoms with Gasteiger partial charge in [0.2, 0.25) is 0 Å². The van der Waals surface area contributed by atoms with Gasteiger partial charge in [-0.05, 0) is 31.2 Å². The Bertz CT molecular complexity index is 999. The summed E-state index contributed by atoms with van der Waals surface area (Å²) >= 11 is 3.36. The van der Waals surface area contributed by atoms with Crippen LogP contribution >= 0.6 is 15.9 Å². The molecular weight excluding hydrogens is 364 g/mol. The molecule has 0 aliphatic carbocycles. The van der Waals surface area contributed by atoms with Crippen LogP contribution in [-0.2, 0) is 20.6 Å². The van der Waals surface area contributed by atoms with Crippen molar-refractivity contribution in [3.63, 3.8) is 0 Å². The standard InChI is InChI=1S/C15H15BrN4O3/c1-4-20-11-12(18(2)15(22)19(3)13(11)21)17-14(20)23-10-7-5-9(16)6-8-10/h5-8H,4H2,1-3H3. The highest BCUT2D eigenvalue weighted by molar-refractivity contribution is 9.10. The molecule has 8 heteroatoms. The molecule has 0 amide bonds. The van der Waals surface area contributed by atoms with Gasteiger partial charge in [0.15, 0.2) is 11.2 Å². The zero-order chi connectivity index (χ0) is 16.7.